The maximum absolute atomic E-state index is 12.4. The number of hydrogen-bond donors (Lipinski definition) is 3. The number of hydrazine groups is 1. The maximum Gasteiger partial charge on any atom is 0.276 e. The minimum atomic E-state index is -0.452. The van der Waals surface area contributed by atoms with E-state index in [2.05, 4.69) is 39.0 Å². The molecule has 31 heavy (non-hydrogen) atoms. The van der Waals surface area contributed by atoms with E-state index < -0.39 is 11.8 Å². The number of nitrogens with one attached hydrogen (secondary N) is 3. The summed E-state index contributed by atoms with van der Waals surface area (Å²) in [7, 11) is 0. The van der Waals surface area contributed by atoms with Crippen molar-refractivity contribution in [2.45, 2.75) is 27.2 Å². The molecule has 0 radical (unpaired) electrons. The van der Waals surface area contributed by atoms with Gasteiger partial charge in [0, 0.05) is 5.56 Å². The summed E-state index contributed by atoms with van der Waals surface area (Å²) in [4.78, 5) is 24.3. The summed E-state index contributed by atoms with van der Waals surface area (Å²) >= 11 is 8.48. The van der Waals surface area contributed by atoms with E-state index in [0.717, 1.165) is 16.5 Å². The van der Waals surface area contributed by atoms with E-state index in [0.29, 0.717) is 29.6 Å². The van der Waals surface area contributed by atoms with E-state index >= 15 is 0 Å². The third kappa shape index (κ3) is 8.55. The third-order valence-corrected chi connectivity index (χ3v) is 4.81. The van der Waals surface area contributed by atoms with Gasteiger partial charge in [0.25, 0.3) is 11.8 Å². The molecule has 0 aromatic heterocycles. The first-order valence-electron chi connectivity index (χ1n) is 9.82. The third-order valence-electron chi connectivity index (χ3n) is 3.99. The molecule has 2 aromatic rings. The predicted molar refractivity (Wildman–Crippen MR) is 127 cm³/mol. The molecule has 0 atom stereocenters. The van der Waals surface area contributed by atoms with Crippen molar-refractivity contribution in [3.63, 3.8) is 0 Å². The lowest BCUT2D eigenvalue weighted by atomic mass is 10.2. The van der Waals surface area contributed by atoms with Crippen LogP contribution in [0.15, 0.2) is 46.9 Å². The van der Waals surface area contributed by atoms with Crippen molar-refractivity contribution in [2.75, 3.05) is 13.2 Å². The molecule has 0 heterocycles. The molecule has 0 saturated heterocycles. The monoisotopic (exact) mass is 507 g/mol. The molecule has 2 amide bonds. The van der Waals surface area contributed by atoms with Gasteiger partial charge in [0.2, 0.25) is 0 Å². The number of halogens is 1. The van der Waals surface area contributed by atoms with Crippen LogP contribution in [0.2, 0.25) is 0 Å². The van der Waals surface area contributed by atoms with Crippen LogP contribution in [0.25, 0.3) is 0 Å². The van der Waals surface area contributed by atoms with Crippen LogP contribution in [0.1, 0.15) is 36.7 Å². The summed E-state index contributed by atoms with van der Waals surface area (Å²) in [5.74, 6) is 0.662. The molecular weight excluding hydrogens is 482 g/mol. The summed E-state index contributed by atoms with van der Waals surface area (Å²) in [6, 6.07) is 12.5. The van der Waals surface area contributed by atoms with Crippen LogP contribution in [-0.4, -0.2) is 30.1 Å². The normalized spacial score (nSPS) is 10.4. The zero-order valence-corrected chi connectivity index (χ0v) is 20.1. The number of carbonyl (C=O) groups is 2. The number of thiocarbonyl (C=S) groups is 1. The SMILES string of the molecule is CCc1ccc(OCC(=O)NNC(=S)NC(=O)c2cccc(OCC(C)C)c2)c(Br)c1. The molecule has 7 nitrogen and oxygen atoms in total. The fourth-order valence-corrected chi connectivity index (χ4v) is 3.07. The van der Waals surface area contributed by atoms with Gasteiger partial charge in [-0.05, 0) is 76.4 Å². The van der Waals surface area contributed by atoms with Crippen LogP contribution in [0.3, 0.4) is 0 Å². The van der Waals surface area contributed by atoms with Crippen LogP contribution < -0.4 is 25.6 Å². The van der Waals surface area contributed by atoms with Gasteiger partial charge in [-0.1, -0.05) is 32.9 Å². The first-order valence-corrected chi connectivity index (χ1v) is 11.0. The number of rotatable bonds is 8. The highest BCUT2D eigenvalue weighted by Gasteiger charge is 2.11. The molecule has 0 spiro atoms. The topological polar surface area (TPSA) is 88.7 Å². The molecule has 0 aliphatic rings. The van der Waals surface area contributed by atoms with Crippen molar-refractivity contribution in [1.82, 2.24) is 16.2 Å². The Hall–Kier alpha value is -2.65. The smallest absolute Gasteiger partial charge is 0.276 e. The quantitative estimate of drug-likeness (QED) is 0.372. The van der Waals surface area contributed by atoms with Crippen molar-refractivity contribution in [1.29, 1.82) is 0 Å². The Bertz CT molecular complexity index is 937. The van der Waals surface area contributed by atoms with E-state index in [1.807, 2.05) is 26.0 Å². The van der Waals surface area contributed by atoms with Crippen molar-refractivity contribution in [3.8, 4) is 11.5 Å². The molecular formula is C22H26BrN3O4S. The van der Waals surface area contributed by atoms with E-state index in [-0.39, 0.29) is 11.7 Å². The van der Waals surface area contributed by atoms with Crippen LogP contribution >= 0.6 is 28.1 Å². The molecule has 0 saturated carbocycles. The van der Waals surface area contributed by atoms with Crippen molar-refractivity contribution in [3.05, 3.63) is 58.1 Å². The molecule has 9 heteroatoms. The van der Waals surface area contributed by atoms with Gasteiger partial charge in [0.1, 0.15) is 11.5 Å². The first kappa shape index (κ1) is 24.6. The summed E-state index contributed by atoms with van der Waals surface area (Å²) in [6.45, 7) is 6.48. The zero-order valence-electron chi connectivity index (χ0n) is 17.7. The number of amides is 2. The molecule has 2 aromatic carbocycles. The van der Waals surface area contributed by atoms with E-state index in [1.165, 1.54) is 0 Å². The molecule has 2 rings (SSSR count). The lowest BCUT2D eigenvalue weighted by Crippen LogP contribution is -2.49. The average molecular weight is 508 g/mol. The Labute approximate surface area is 196 Å². The Morgan fingerprint density at radius 1 is 1.10 bits per heavy atom. The number of aryl methyl sites for hydroxylation is 1. The standard InChI is InChI=1S/C22H26BrN3O4S/c1-4-15-8-9-19(18(23)10-15)30-13-20(27)25-26-22(31)24-21(28)16-6-5-7-17(11-16)29-12-14(2)3/h5-11,14H,4,12-13H2,1-3H3,(H,25,27)(H2,24,26,28,31). The fourth-order valence-electron chi connectivity index (χ4n) is 2.38. The van der Waals surface area contributed by atoms with Gasteiger partial charge in [0.05, 0.1) is 11.1 Å². The van der Waals surface area contributed by atoms with Crippen LogP contribution in [-0.2, 0) is 11.2 Å². The Kier molecular flexibility index (Phi) is 9.74. The van der Waals surface area contributed by atoms with E-state index in [1.54, 1.807) is 30.3 Å². The minimum absolute atomic E-state index is 0.0414. The second-order valence-electron chi connectivity index (χ2n) is 7.10. The molecule has 0 fully saturated rings. The van der Waals surface area contributed by atoms with Crippen molar-refractivity contribution < 1.29 is 19.1 Å². The highest BCUT2D eigenvalue weighted by molar-refractivity contribution is 9.10. The van der Waals surface area contributed by atoms with Gasteiger partial charge in [-0.2, -0.15) is 0 Å². The summed E-state index contributed by atoms with van der Waals surface area (Å²) in [6.07, 6.45) is 0.904. The molecule has 0 unspecified atom stereocenters. The van der Waals surface area contributed by atoms with Gasteiger partial charge in [-0.15, -0.1) is 0 Å². The van der Waals surface area contributed by atoms with Gasteiger partial charge < -0.3 is 9.47 Å². The molecule has 166 valence electrons. The van der Waals surface area contributed by atoms with E-state index in [9.17, 15) is 9.59 Å². The largest absolute Gasteiger partial charge is 0.493 e. The van der Waals surface area contributed by atoms with E-state index in [4.69, 9.17) is 21.7 Å². The van der Waals surface area contributed by atoms with Gasteiger partial charge >= 0.3 is 0 Å². The first-order chi connectivity index (χ1) is 14.8. The summed E-state index contributed by atoms with van der Waals surface area (Å²) in [5, 5.41) is 2.46. The summed E-state index contributed by atoms with van der Waals surface area (Å²) in [5.41, 5.74) is 6.41. The average Bonchev–Trinajstić information content (AvgIpc) is 2.75. The Balaban J connectivity index is 1.77. The van der Waals surface area contributed by atoms with Gasteiger partial charge in [-0.3, -0.25) is 25.8 Å². The molecule has 3 N–H and O–H groups in total. The van der Waals surface area contributed by atoms with Crippen molar-refractivity contribution >= 4 is 45.1 Å². The maximum atomic E-state index is 12.4. The number of carbonyl (C=O) groups excluding carboxylic acids is 2. The second kappa shape index (κ2) is 12.3. The number of hydrogen-bond acceptors (Lipinski definition) is 5. The highest BCUT2D eigenvalue weighted by atomic mass is 79.9. The second-order valence-corrected chi connectivity index (χ2v) is 8.36. The summed E-state index contributed by atoms with van der Waals surface area (Å²) < 4.78 is 11.9. The van der Waals surface area contributed by atoms with Gasteiger partial charge in [-0.25, -0.2) is 0 Å². The Morgan fingerprint density at radius 2 is 1.87 bits per heavy atom. The van der Waals surface area contributed by atoms with Crippen LogP contribution in [0.4, 0.5) is 0 Å². The van der Waals surface area contributed by atoms with Crippen LogP contribution in [0, 0.1) is 5.92 Å². The molecule has 0 aliphatic heterocycles. The van der Waals surface area contributed by atoms with Crippen molar-refractivity contribution in [2.24, 2.45) is 5.92 Å². The van der Waals surface area contributed by atoms with Crippen LogP contribution in [0.5, 0.6) is 11.5 Å². The van der Waals surface area contributed by atoms with Gasteiger partial charge in [0.15, 0.2) is 11.7 Å². The lowest BCUT2D eigenvalue weighted by molar-refractivity contribution is -0.123. The fraction of sp³-hybridized carbons (Fsp3) is 0.318. The predicted octanol–water partition coefficient (Wildman–Crippen LogP) is 3.76. The molecule has 0 aliphatic carbocycles. The minimum Gasteiger partial charge on any atom is -0.493 e. The number of ether oxygens (including phenoxy) is 2. The highest BCUT2D eigenvalue weighted by Crippen LogP contribution is 2.26. The Morgan fingerprint density at radius 3 is 2.55 bits per heavy atom. The number of benzene rings is 2. The molecule has 0 bridgehead atoms. The lowest BCUT2D eigenvalue weighted by Gasteiger charge is -2.13. The zero-order chi connectivity index (χ0) is 22.8.